The van der Waals surface area contributed by atoms with Gasteiger partial charge in [0.2, 0.25) is 0 Å². The Morgan fingerprint density at radius 1 is 0.345 bits per heavy atom. The van der Waals surface area contributed by atoms with Crippen molar-refractivity contribution >= 4 is 21.7 Å². The highest BCUT2D eigenvalue weighted by atomic mass is 15.3. The molecule has 0 aliphatic rings. The molecule has 8 aromatic carbocycles. The molecule has 10 aromatic rings. The molecule has 0 amide bonds. The quantitative estimate of drug-likeness (QED) is 0.166. The zero-order valence-corrected chi connectivity index (χ0v) is 29.9. The van der Waals surface area contributed by atoms with Gasteiger partial charge in [0.15, 0.2) is 5.82 Å². The fourth-order valence-corrected chi connectivity index (χ4v) is 7.69. The molecule has 4 heteroatoms. The fourth-order valence-electron chi connectivity index (χ4n) is 7.69. The Morgan fingerprint density at radius 3 is 1.45 bits per heavy atom. The molecule has 0 saturated heterocycles. The van der Waals surface area contributed by atoms with Crippen LogP contribution in [0.15, 0.2) is 206 Å². The molecule has 10 rings (SSSR count). The minimum absolute atomic E-state index is 0.669. The molecule has 0 radical (unpaired) electrons. The van der Waals surface area contributed by atoms with Crippen LogP contribution in [0, 0.1) is 0 Å². The van der Waals surface area contributed by atoms with Crippen molar-refractivity contribution in [1.29, 1.82) is 0 Å². The summed E-state index contributed by atoms with van der Waals surface area (Å²) in [5.74, 6) is 0.669. The van der Waals surface area contributed by atoms with Crippen molar-refractivity contribution in [2.24, 2.45) is 0 Å². The van der Waals surface area contributed by atoms with Crippen molar-refractivity contribution in [3.05, 3.63) is 206 Å². The lowest BCUT2D eigenvalue weighted by Gasteiger charge is -2.18. The fraction of sp³-hybridized carbons (Fsp3) is 0. The number of rotatable bonds is 7. The molecule has 0 aliphatic carbocycles. The van der Waals surface area contributed by atoms with E-state index in [1.807, 2.05) is 18.2 Å². The number of hydrogen-bond donors (Lipinski definition) is 0. The third-order valence-corrected chi connectivity index (χ3v) is 10.2. The van der Waals surface area contributed by atoms with Gasteiger partial charge >= 0.3 is 0 Å². The van der Waals surface area contributed by atoms with Crippen molar-refractivity contribution in [3.8, 4) is 73.1 Å². The molecule has 0 spiro atoms. The number of fused-ring (bicyclic) bond motifs is 3. The van der Waals surface area contributed by atoms with Gasteiger partial charge in [-0.1, -0.05) is 188 Å². The van der Waals surface area contributed by atoms with E-state index in [4.69, 9.17) is 15.1 Å². The van der Waals surface area contributed by atoms with Gasteiger partial charge in [0.05, 0.1) is 22.6 Å². The smallest absolute Gasteiger partial charge is 0.160 e. The zero-order valence-electron chi connectivity index (χ0n) is 29.9. The highest BCUT2D eigenvalue weighted by Crippen LogP contribution is 2.48. The first-order valence-electron chi connectivity index (χ1n) is 18.5. The summed E-state index contributed by atoms with van der Waals surface area (Å²) >= 11 is 0. The van der Waals surface area contributed by atoms with Crippen molar-refractivity contribution in [2.75, 3.05) is 0 Å². The molecule has 0 unspecified atom stereocenters. The summed E-state index contributed by atoms with van der Waals surface area (Å²) in [6, 6.07) is 71.9. The Hall–Kier alpha value is -7.43. The predicted molar refractivity (Wildman–Crippen MR) is 227 cm³/mol. The minimum Gasteiger partial charge on any atom is -0.232 e. The van der Waals surface area contributed by atoms with Gasteiger partial charge in [-0.2, -0.15) is 5.10 Å². The summed E-state index contributed by atoms with van der Waals surface area (Å²) in [7, 11) is 0. The Labute approximate surface area is 319 Å². The Morgan fingerprint density at radius 2 is 0.818 bits per heavy atom. The lowest BCUT2D eigenvalue weighted by Crippen LogP contribution is -2.00. The van der Waals surface area contributed by atoms with Crippen molar-refractivity contribution < 1.29 is 0 Å². The Balaban J connectivity index is 1.33. The van der Waals surface area contributed by atoms with Crippen LogP contribution in [0.25, 0.3) is 94.8 Å². The molecule has 0 fully saturated rings. The number of nitrogens with zero attached hydrogens (tertiary/aromatic N) is 4. The van der Waals surface area contributed by atoms with E-state index >= 15 is 0 Å². The van der Waals surface area contributed by atoms with Crippen LogP contribution in [-0.2, 0) is 0 Å². The molecule has 0 saturated carbocycles. The lowest BCUT2D eigenvalue weighted by atomic mass is 9.86. The van der Waals surface area contributed by atoms with E-state index in [-0.39, 0.29) is 0 Å². The van der Waals surface area contributed by atoms with Gasteiger partial charge in [-0.15, -0.1) is 0 Å². The minimum atomic E-state index is 0.669. The first-order valence-corrected chi connectivity index (χ1v) is 18.5. The Kier molecular flexibility index (Phi) is 8.12. The summed E-state index contributed by atoms with van der Waals surface area (Å²) in [5, 5.41) is 8.71. The molecule has 4 nitrogen and oxygen atoms in total. The van der Waals surface area contributed by atoms with E-state index in [0.717, 1.165) is 83.4 Å². The van der Waals surface area contributed by atoms with Crippen molar-refractivity contribution in [2.45, 2.75) is 0 Å². The van der Waals surface area contributed by atoms with Crippen molar-refractivity contribution in [1.82, 2.24) is 19.7 Å². The summed E-state index contributed by atoms with van der Waals surface area (Å²) in [5.41, 5.74) is 13.2. The average molecular weight is 703 g/mol. The molecule has 0 N–H and O–H groups in total. The summed E-state index contributed by atoms with van der Waals surface area (Å²) in [4.78, 5) is 10.7. The molecule has 0 aliphatic heterocycles. The summed E-state index contributed by atoms with van der Waals surface area (Å²) < 4.78 is 2.12. The first-order chi connectivity index (χ1) is 27.3. The third-order valence-electron chi connectivity index (χ3n) is 10.2. The van der Waals surface area contributed by atoms with Crippen LogP contribution in [0.3, 0.4) is 0 Å². The molecule has 2 heterocycles. The van der Waals surface area contributed by atoms with E-state index in [9.17, 15) is 0 Å². The second-order valence-electron chi connectivity index (χ2n) is 13.6. The number of aromatic nitrogens is 4. The maximum absolute atomic E-state index is 5.47. The van der Waals surface area contributed by atoms with Gasteiger partial charge in [-0.05, 0) is 40.3 Å². The highest BCUT2D eigenvalue weighted by molar-refractivity contribution is 6.23. The topological polar surface area (TPSA) is 43.6 Å². The second-order valence-corrected chi connectivity index (χ2v) is 13.6. The number of hydrogen-bond acceptors (Lipinski definition) is 3. The summed E-state index contributed by atoms with van der Waals surface area (Å²) in [6.45, 7) is 0. The van der Waals surface area contributed by atoms with E-state index in [2.05, 4.69) is 193 Å². The number of benzene rings is 8. The first kappa shape index (κ1) is 32.2. The van der Waals surface area contributed by atoms with Crippen LogP contribution < -0.4 is 0 Å². The van der Waals surface area contributed by atoms with Gasteiger partial charge in [0.25, 0.3) is 0 Å². The van der Waals surface area contributed by atoms with Crippen molar-refractivity contribution in [3.63, 3.8) is 0 Å². The molecule has 258 valence electrons. The van der Waals surface area contributed by atoms with Crippen LogP contribution in [0.4, 0.5) is 0 Å². The monoisotopic (exact) mass is 702 g/mol. The molecule has 0 bridgehead atoms. The second kappa shape index (κ2) is 13.8. The van der Waals surface area contributed by atoms with Gasteiger partial charge in [0, 0.05) is 38.6 Å². The van der Waals surface area contributed by atoms with Gasteiger partial charge in [-0.3, -0.25) is 0 Å². The van der Waals surface area contributed by atoms with Crippen LogP contribution in [0.5, 0.6) is 0 Å². The standard InChI is InChI=1S/C51H34N4/c1-6-18-35(19-7-1)36-30-32-40(33-31-36)51-52-44(37-20-8-2-9-21-37)34-45(53-51)47-42-28-16-17-29-43(42)50-48(46(47)38-22-10-3-11-23-38)49(39-24-12-4-13-25-39)54-55(50)41-26-14-5-15-27-41/h1-34H. The SMILES string of the molecule is c1ccc(-c2ccc(-c3nc(-c4ccccc4)cc(-c4c(-c5ccccc5)c5c(-c6ccccc6)nn(-c6ccccc6)c5c5ccccc45)n3)cc2)cc1. The van der Waals surface area contributed by atoms with E-state index in [0.29, 0.717) is 5.82 Å². The molecular weight excluding hydrogens is 669 g/mol. The Bertz CT molecular complexity index is 2920. The average Bonchev–Trinajstić information content (AvgIpc) is 3.68. The number of para-hydroxylation sites is 1. The van der Waals surface area contributed by atoms with Gasteiger partial charge < -0.3 is 0 Å². The highest BCUT2D eigenvalue weighted by Gasteiger charge is 2.26. The molecule has 55 heavy (non-hydrogen) atoms. The molecule has 0 atom stereocenters. The maximum Gasteiger partial charge on any atom is 0.160 e. The molecular formula is C51H34N4. The summed E-state index contributed by atoms with van der Waals surface area (Å²) in [6.07, 6.45) is 0. The largest absolute Gasteiger partial charge is 0.232 e. The lowest BCUT2D eigenvalue weighted by molar-refractivity contribution is 0.918. The maximum atomic E-state index is 5.47. The van der Waals surface area contributed by atoms with E-state index < -0.39 is 0 Å². The van der Waals surface area contributed by atoms with E-state index in [1.54, 1.807) is 0 Å². The normalized spacial score (nSPS) is 11.3. The van der Waals surface area contributed by atoms with Gasteiger partial charge in [0.1, 0.15) is 5.69 Å². The van der Waals surface area contributed by atoms with Crippen LogP contribution >= 0.6 is 0 Å². The van der Waals surface area contributed by atoms with Crippen LogP contribution in [-0.4, -0.2) is 19.7 Å². The predicted octanol–water partition coefficient (Wildman–Crippen LogP) is 13.0. The zero-order chi connectivity index (χ0) is 36.6. The van der Waals surface area contributed by atoms with Gasteiger partial charge in [-0.25, -0.2) is 14.6 Å². The van der Waals surface area contributed by atoms with Crippen LogP contribution in [0.2, 0.25) is 0 Å². The molecule has 2 aromatic heterocycles. The van der Waals surface area contributed by atoms with Crippen LogP contribution in [0.1, 0.15) is 0 Å². The third kappa shape index (κ3) is 5.87. The van der Waals surface area contributed by atoms with E-state index in [1.165, 1.54) is 5.56 Å².